The number of Topliss-reactive ketones (excluding diaryl/α,β-unsaturated/α-hetero) is 1. The van der Waals surface area contributed by atoms with E-state index in [0.29, 0.717) is 50.4 Å². The molecule has 12 nitrogen and oxygen atoms in total. The molecule has 1 heterocycles. The second-order valence-electron chi connectivity index (χ2n) is 14.9. The molecular formula is C38H62N2O10. The van der Waals surface area contributed by atoms with Gasteiger partial charge in [0.2, 0.25) is 12.7 Å². The van der Waals surface area contributed by atoms with E-state index in [4.69, 9.17) is 34.2 Å². The topological polar surface area (TPSA) is 153 Å². The van der Waals surface area contributed by atoms with Crippen molar-refractivity contribution in [3.05, 3.63) is 23.8 Å². The summed E-state index contributed by atoms with van der Waals surface area (Å²) in [6, 6.07) is 5.52. The minimum atomic E-state index is -0.802. The number of amides is 2. The third kappa shape index (κ3) is 13.1. The minimum Gasteiger partial charge on any atom is -0.493 e. The molecule has 1 aromatic rings. The van der Waals surface area contributed by atoms with Crippen LogP contribution in [-0.2, 0) is 39.8 Å². The van der Waals surface area contributed by atoms with Crippen molar-refractivity contribution in [2.75, 3.05) is 41.0 Å². The van der Waals surface area contributed by atoms with Crippen molar-refractivity contribution in [1.29, 1.82) is 0 Å². The maximum absolute atomic E-state index is 13.6. The molecule has 50 heavy (non-hydrogen) atoms. The molecule has 1 aliphatic rings. The summed E-state index contributed by atoms with van der Waals surface area (Å²) in [7, 11) is 3.27. The highest BCUT2D eigenvalue weighted by Crippen LogP contribution is 2.36. The van der Waals surface area contributed by atoms with E-state index in [1.165, 1.54) is 0 Å². The maximum Gasteiger partial charge on any atom is 0.414 e. The fourth-order valence-electron chi connectivity index (χ4n) is 5.98. The summed E-state index contributed by atoms with van der Waals surface area (Å²) >= 11 is 0. The van der Waals surface area contributed by atoms with Crippen LogP contribution in [0.15, 0.2) is 18.2 Å². The second-order valence-corrected chi connectivity index (χ2v) is 14.9. The molecule has 0 bridgehead atoms. The van der Waals surface area contributed by atoms with Gasteiger partial charge in [0.05, 0.1) is 31.8 Å². The predicted octanol–water partition coefficient (Wildman–Crippen LogP) is 6.16. The molecular weight excluding hydrogens is 644 g/mol. The first-order valence-corrected chi connectivity index (χ1v) is 17.8. The van der Waals surface area contributed by atoms with Crippen LogP contribution >= 0.6 is 0 Å². The first-order valence-electron chi connectivity index (χ1n) is 17.8. The van der Waals surface area contributed by atoms with Crippen molar-refractivity contribution in [3.8, 4) is 11.5 Å². The summed E-state index contributed by atoms with van der Waals surface area (Å²) in [5.74, 6) is 0.0519. The highest BCUT2D eigenvalue weighted by atomic mass is 16.7. The lowest BCUT2D eigenvalue weighted by Crippen LogP contribution is -2.43. The number of rotatable bonds is 22. The van der Waals surface area contributed by atoms with Gasteiger partial charge in [-0.3, -0.25) is 19.3 Å². The minimum absolute atomic E-state index is 0.00222. The second kappa shape index (κ2) is 20.5. The molecule has 0 radical (unpaired) electrons. The highest BCUT2D eigenvalue weighted by molar-refractivity contribution is 5.84. The molecule has 1 aliphatic heterocycles. The SMILES string of the molecule is COCCCOc1cc(C[C@@H](C[C@H]2[C@H](C[C@H](C(=O)CCC(C)(C)C(N)=O)C(C)C)OCN2C(=O)OCOC(=O)C(C)C)C(C)C)ccc1OC. The average molecular weight is 707 g/mol. The number of nitrogens with zero attached hydrogens (tertiary/aromatic N) is 1. The van der Waals surface area contributed by atoms with Crippen LogP contribution in [0.1, 0.15) is 93.1 Å². The number of carbonyl (C=O) groups excluding carboxylic acids is 4. The first-order chi connectivity index (χ1) is 23.5. The average Bonchev–Trinajstić information content (AvgIpc) is 3.45. The molecule has 1 fully saturated rings. The number of hydrogen-bond acceptors (Lipinski definition) is 10. The number of primary amides is 1. The van der Waals surface area contributed by atoms with Crippen molar-refractivity contribution >= 4 is 23.8 Å². The lowest BCUT2D eigenvalue weighted by atomic mass is 9.78. The van der Waals surface area contributed by atoms with Gasteiger partial charge in [0, 0.05) is 37.9 Å². The Bertz CT molecular complexity index is 1250. The lowest BCUT2D eigenvalue weighted by Gasteiger charge is -2.33. The van der Waals surface area contributed by atoms with E-state index in [1.54, 1.807) is 46.8 Å². The predicted molar refractivity (Wildman–Crippen MR) is 189 cm³/mol. The summed E-state index contributed by atoms with van der Waals surface area (Å²) in [5.41, 5.74) is 5.83. The van der Waals surface area contributed by atoms with Crippen molar-refractivity contribution in [2.24, 2.45) is 40.7 Å². The van der Waals surface area contributed by atoms with Gasteiger partial charge in [0.1, 0.15) is 12.5 Å². The van der Waals surface area contributed by atoms with Crippen LogP contribution in [0.2, 0.25) is 0 Å². The van der Waals surface area contributed by atoms with Gasteiger partial charge in [0.25, 0.3) is 0 Å². The van der Waals surface area contributed by atoms with E-state index in [0.717, 1.165) is 12.0 Å². The van der Waals surface area contributed by atoms with E-state index in [2.05, 4.69) is 13.8 Å². The monoisotopic (exact) mass is 706 g/mol. The third-order valence-electron chi connectivity index (χ3n) is 9.68. The Kier molecular flexibility index (Phi) is 17.5. The van der Waals surface area contributed by atoms with Gasteiger partial charge in [-0.2, -0.15) is 0 Å². The Balaban J connectivity index is 2.34. The van der Waals surface area contributed by atoms with Gasteiger partial charge >= 0.3 is 12.1 Å². The largest absolute Gasteiger partial charge is 0.493 e. The molecule has 2 N–H and O–H groups in total. The van der Waals surface area contributed by atoms with E-state index < -0.39 is 42.3 Å². The Morgan fingerprint density at radius 1 is 0.960 bits per heavy atom. The van der Waals surface area contributed by atoms with Crippen LogP contribution in [0.3, 0.4) is 0 Å². The van der Waals surface area contributed by atoms with Crippen LogP contribution in [0.25, 0.3) is 0 Å². The van der Waals surface area contributed by atoms with E-state index in [9.17, 15) is 19.2 Å². The zero-order valence-electron chi connectivity index (χ0n) is 32.0. The number of nitrogens with two attached hydrogens (primary N) is 1. The van der Waals surface area contributed by atoms with E-state index >= 15 is 0 Å². The molecule has 12 heteroatoms. The van der Waals surface area contributed by atoms with Crippen LogP contribution in [0.4, 0.5) is 4.79 Å². The molecule has 1 saturated heterocycles. The van der Waals surface area contributed by atoms with Crippen LogP contribution < -0.4 is 15.2 Å². The number of carbonyl (C=O) groups is 4. The summed E-state index contributed by atoms with van der Waals surface area (Å²) in [4.78, 5) is 52.5. The van der Waals surface area contributed by atoms with Crippen molar-refractivity contribution in [2.45, 2.75) is 106 Å². The molecule has 0 unspecified atom stereocenters. The standard InChI is InChI=1S/C38H62N2O10/c1-24(2)28(18-27-12-13-32(46-10)34(19-27)47-17-11-16-45-9)20-30-33(48-22-40(30)37(44)50-23-49-35(42)26(5)6)21-29(25(3)4)31(41)14-15-38(7,8)36(39)43/h12-13,19,24-26,28-30,33H,11,14-18,20-23H2,1-10H3,(H2,39,43)/t28-,29-,30-,33-/m0/s1. The van der Waals surface area contributed by atoms with Gasteiger partial charge in [-0.05, 0) is 61.1 Å². The number of ketones is 1. The van der Waals surface area contributed by atoms with E-state index in [-0.39, 0.29) is 48.5 Å². The van der Waals surface area contributed by atoms with Gasteiger partial charge in [0.15, 0.2) is 11.5 Å². The lowest BCUT2D eigenvalue weighted by molar-refractivity contribution is -0.156. The number of esters is 1. The Hall–Kier alpha value is -3.38. The molecule has 1 aromatic carbocycles. The smallest absolute Gasteiger partial charge is 0.414 e. The molecule has 284 valence electrons. The van der Waals surface area contributed by atoms with Crippen LogP contribution in [-0.4, -0.2) is 81.8 Å². The fourth-order valence-corrected chi connectivity index (χ4v) is 5.98. The quantitative estimate of drug-likeness (QED) is 0.0843. The zero-order chi connectivity index (χ0) is 37.6. The van der Waals surface area contributed by atoms with Crippen molar-refractivity contribution < 1.29 is 47.6 Å². The molecule has 0 saturated carbocycles. The van der Waals surface area contributed by atoms with Crippen molar-refractivity contribution in [1.82, 2.24) is 4.90 Å². The number of methoxy groups -OCH3 is 2. The number of ether oxygens (including phenoxy) is 6. The summed E-state index contributed by atoms with van der Waals surface area (Å²) < 4.78 is 33.5. The Labute approximate surface area is 299 Å². The van der Waals surface area contributed by atoms with Crippen LogP contribution in [0.5, 0.6) is 11.5 Å². The summed E-state index contributed by atoms with van der Waals surface area (Å²) in [6.07, 6.45) is 1.88. The highest BCUT2D eigenvalue weighted by Gasteiger charge is 2.43. The molecule has 4 atom stereocenters. The van der Waals surface area contributed by atoms with Gasteiger partial charge in [-0.1, -0.05) is 61.5 Å². The fraction of sp³-hybridized carbons (Fsp3) is 0.737. The molecule has 2 amide bonds. The molecule has 2 rings (SSSR count). The summed E-state index contributed by atoms with van der Waals surface area (Å²) in [5, 5.41) is 0. The molecule has 0 aromatic heterocycles. The number of benzene rings is 1. The Morgan fingerprint density at radius 3 is 2.24 bits per heavy atom. The van der Waals surface area contributed by atoms with Crippen LogP contribution in [0, 0.1) is 35.0 Å². The Morgan fingerprint density at radius 2 is 1.66 bits per heavy atom. The normalized spacial score (nSPS) is 17.6. The third-order valence-corrected chi connectivity index (χ3v) is 9.68. The van der Waals surface area contributed by atoms with Crippen molar-refractivity contribution in [3.63, 3.8) is 0 Å². The van der Waals surface area contributed by atoms with Gasteiger partial charge in [-0.25, -0.2) is 4.79 Å². The van der Waals surface area contributed by atoms with Gasteiger partial charge in [-0.15, -0.1) is 0 Å². The molecule has 0 aliphatic carbocycles. The first kappa shape index (κ1) is 42.8. The van der Waals surface area contributed by atoms with E-state index in [1.807, 2.05) is 32.0 Å². The maximum atomic E-state index is 13.6. The van der Waals surface area contributed by atoms with Gasteiger partial charge < -0.3 is 34.2 Å². The summed E-state index contributed by atoms with van der Waals surface area (Å²) in [6.45, 7) is 15.7. The molecule has 0 spiro atoms. The zero-order valence-corrected chi connectivity index (χ0v) is 32.0. The number of hydrogen-bond donors (Lipinski definition) is 1.